The van der Waals surface area contributed by atoms with Crippen molar-refractivity contribution in [3.8, 4) is 0 Å². The Hall–Kier alpha value is 0. The van der Waals surface area contributed by atoms with Gasteiger partial charge in [0.05, 0.1) is 0 Å². The van der Waals surface area contributed by atoms with E-state index < -0.39 is 0 Å². The molecule has 1 radical (unpaired) electrons. The van der Waals surface area contributed by atoms with E-state index in [0.29, 0.717) is 5.92 Å². The molecule has 0 aromatic heterocycles. The second kappa shape index (κ2) is 4.30. The predicted molar refractivity (Wildman–Crippen MR) is 56.9 cm³/mol. The van der Waals surface area contributed by atoms with E-state index in [2.05, 4.69) is 48.5 Å². The molecule has 0 aromatic carbocycles. The average Bonchev–Trinajstić information content (AvgIpc) is 1.82. The van der Waals surface area contributed by atoms with E-state index in [0.717, 1.165) is 11.8 Å². The average molecular weight is 169 g/mol. The van der Waals surface area contributed by atoms with Crippen LogP contribution in [0.25, 0.3) is 0 Å². The maximum absolute atomic E-state index is 4.20. The fourth-order valence-corrected chi connectivity index (χ4v) is 1.72. The summed E-state index contributed by atoms with van der Waals surface area (Å²) in [6, 6.07) is 0. The molecule has 2 unspecified atom stereocenters. The normalized spacial score (nSPS) is 18.0. The summed E-state index contributed by atoms with van der Waals surface area (Å²) in [5.74, 6) is 2.31. The summed E-state index contributed by atoms with van der Waals surface area (Å²) in [4.78, 5) is 0. The minimum absolute atomic E-state index is 0.217. The quantitative estimate of drug-likeness (QED) is 0.592. The van der Waals surface area contributed by atoms with Gasteiger partial charge in [-0.25, -0.2) is 0 Å². The van der Waals surface area contributed by atoms with Crippen LogP contribution in [0.2, 0.25) is 0 Å². The number of rotatable bonds is 4. The highest BCUT2D eigenvalue weighted by atomic mass is 14.3. The first-order valence-corrected chi connectivity index (χ1v) is 5.10. The lowest BCUT2D eigenvalue weighted by atomic mass is 9.73. The van der Waals surface area contributed by atoms with Crippen molar-refractivity contribution in [3.05, 3.63) is 6.92 Å². The highest BCUT2D eigenvalue weighted by Gasteiger charge is 2.25. The molecule has 2 atom stereocenters. The van der Waals surface area contributed by atoms with Gasteiger partial charge in [0.15, 0.2) is 0 Å². The largest absolute Gasteiger partial charge is 0.0628 e. The van der Waals surface area contributed by atoms with E-state index in [1.165, 1.54) is 6.42 Å². The van der Waals surface area contributed by atoms with Crippen molar-refractivity contribution in [1.29, 1.82) is 0 Å². The Morgan fingerprint density at radius 2 is 1.50 bits per heavy atom. The molecule has 0 bridgehead atoms. The van der Waals surface area contributed by atoms with Crippen LogP contribution < -0.4 is 0 Å². The van der Waals surface area contributed by atoms with Crippen LogP contribution >= 0.6 is 0 Å². The van der Waals surface area contributed by atoms with Gasteiger partial charge in [-0.2, -0.15) is 0 Å². The molecule has 0 heteroatoms. The topological polar surface area (TPSA) is 0 Å². The van der Waals surface area contributed by atoms with Crippen LogP contribution in [0, 0.1) is 30.1 Å². The summed E-state index contributed by atoms with van der Waals surface area (Å²) in [5, 5.41) is 0. The first-order valence-electron chi connectivity index (χ1n) is 5.10. The Morgan fingerprint density at radius 3 is 1.75 bits per heavy atom. The molecule has 0 rings (SSSR count). The Kier molecular flexibility index (Phi) is 4.30. The van der Waals surface area contributed by atoms with Gasteiger partial charge in [0.25, 0.3) is 0 Å². The van der Waals surface area contributed by atoms with Crippen LogP contribution in [0.4, 0.5) is 0 Å². The van der Waals surface area contributed by atoms with Gasteiger partial charge in [-0.1, -0.05) is 41.5 Å². The highest BCUT2D eigenvalue weighted by molar-refractivity contribution is 4.81. The molecule has 0 aliphatic rings. The fourth-order valence-electron chi connectivity index (χ4n) is 1.72. The van der Waals surface area contributed by atoms with Crippen LogP contribution in [0.1, 0.15) is 48.0 Å². The lowest BCUT2D eigenvalue weighted by Gasteiger charge is -2.33. The molecule has 0 spiro atoms. The minimum Gasteiger partial charge on any atom is -0.0628 e. The summed E-state index contributed by atoms with van der Waals surface area (Å²) >= 11 is 0. The molecule has 0 N–H and O–H groups in total. The van der Waals surface area contributed by atoms with Gasteiger partial charge in [-0.05, 0) is 36.5 Å². The second-order valence-electron chi connectivity index (χ2n) is 5.38. The lowest BCUT2D eigenvalue weighted by Crippen LogP contribution is -2.25. The van der Waals surface area contributed by atoms with Crippen molar-refractivity contribution in [1.82, 2.24) is 0 Å². The van der Waals surface area contributed by atoms with E-state index >= 15 is 0 Å². The van der Waals surface area contributed by atoms with Crippen molar-refractivity contribution in [2.75, 3.05) is 0 Å². The smallest absolute Gasteiger partial charge is 0.0326 e. The molecular formula is C12H25. The molecule has 12 heavy (non-hydrogen) atoms. The molecule has 0 heterocycles. The number of hydrogen-bond donors (Lipinski definition) is 0. The maximum atomic E-state index is 4.20. The van der Waals surface area contributed by atoms with Gasteiger partial charge in [-0.15, -0.1) is 0 Å². The maximum Gasteiger partial charge on any atom is -0.0326 e. The van der Waals surface area contributed by atoms with Crippen LogP contribution in [0.3, 0.4) is 0 Å². The summed E-state index contributed by atoms with van der Waals surface area (Å²) in [6.45, 7) is 17.9. The lowest BCUT2D eigenvalue weighted by molar-refractivity contribution is 0.195. The summed E-state index contributed by atoms with van der Waals surface area (Å²) < 4.78 is 0. The molecule has 73 valence electrons. The first-order chi connectivity index (χ1) is 5.25. The molecule has 0 amide bonds. The Morgan fingerprint density at radius 1 is 1.08 bits per heavy atom. The van der Waals surface area contributed by atoms with E-state index in [-0.39, 0.29) is 5.41 Å². The molecule has 0 nitrogen and oxygen atoms in total. The first kappa shape index (κ1) is 12.0. The summed E-state index contributed by atoms with van der Waals surface area (Å²) in [6.07, 6.45) is 1.32. The van der Waals surface area contributed by atoms with E-state index in [1.807, 2.05) is 0 Å². The van der Waals surface area contributed by atoms with Gasteiger partial charge < -0.3 is 0 Å². The highest BCUT2D eigenvalue weighted by Crippen LogP contribution is 2.33. The molecule has 0 fully saturated rings. The summed E-state index contributed by atoms with van der Waals surface area (Å²) in [5.41, 5.74) is 0.217. The zero-order valence-corrected chi connectivity index (χ0v) is 9.65. The van der Waals surface area contributed by atoms with Crippen LogP contribution in [-0.2, 0) is 0 Å². The van der Waals surface area contributed by atoms with Crippen molar-refractivity contribution in [2.24, 2.45) is 23.2 Å². The molecule has 0 aliphatic heterocycles. The standard InChI is InChI=1S/C12H25/c1-9(2)8-10(3)11(4)12(5,6)7/h9-11H,5,8H2,1-4,6-7H3. The van der Waals surface area contributed by atoms with Gasteiger partial charge in [0.2, 0.25) is 0 Å². The molecule has 0 aliphatic carbocycles. The Bertz CT molecular complexity index is 116. The van der Waals surface area contributed by atoms with Gasteiger partial charge >= 0.3 is 0 Å². The van der Waals surface area contributed by atoms with Crippen LogP contribution in [-0.4, -0.2) is 0 Å². The van der Waals surface area contributed by atoms with Crippen molar-refractivity contribution in [2.45, 2.75) is 48.0 Å². The van der Waals surface area contributed by atoms with Gasteiger partial charge in [0.1, 0.15) is 0 Å². The summed E-state index contributed by atoms with van der Waals surface area (Å²) in [7, 11) is 0. The molecule has 0 saturated heterocycles. The number of hydrogen-bond acceptors (Lipinski definition) is 0. The zero-order chi connectivity index (χ0) is 9.94. The molecule has 0 aromatic rings. The third-order valence-electron chi connectivity index (χ3n) is 2.93. The van der Waals surface area contributed by atoms with E-state index in [9.17, 15) is 0 Å². The Balaban J connectivity index is 4.01. The second-order valence-corrected chi connectivity index (χ2v) is 5.38. The Labute approximate surface area is 78.8 Å². The van der Waals surface area contributed by atoms with E-state index in [4.69, 9.17) is 0 Å². The van der Waals surface area contributed by atoms with Gasteiger partial charge in [0, 0.05) is 0 Å². The third-order valence-corrected chi connectivity index (χ3v) is 2.93. The molecular weight excluding hydrogens is 144 g/mol. The third kappa shape index (κ3) is 4.13. The SMILES string of the molecule is [CH2]C(C)(C)C(C)C(C)CC(C)C. The van der Waals surface area contributed by atoms with E-state index in [1.54, 1.807) is 0 Å². The monoisotopic (exact) mass is 169 g/mol. The van der Waals surface area contributed by atoms with Gasteiger partial charge in [-0.3, -0.25) is 0 Å². The zero-order valence-electron chi connectivity index (χ0n) is 9.65. The fraction of sp³-hybridized carbons (Fsp3) is 0.917. The minimum atomic E-state index is 0.217. The predicted octanol–water partition coefficient (Wildman–Crippen LogP) is 4.16. The van der Waals surface area contributed by atoms with Crippen LogP contribution in [0.5, 0.6) is 0 Å². The molecule has 0 saturated carbocycles. The van der Waals surface area contributed by atoms with Crippen molar-refractivity contribution in [3.63, 3.8) is 0 Å². The van der Waals surface area contributed by atoms with Crippen molar-refractivity contribution < 1.29 is 0 Å². The van der Waals surface area contributed by atoms with Crippen molar-refractivity contribution >= 4 is 0 Å². The van der Waals surface area contributed by atoms with Crippen LogP contribution in [0.15, 0.2) is 0 Å².